The lowest BCUT2D eigenvalue weighted by atomic mass is 9.98. The van der Waals surface area contributed by atoms with Gasteiger partial charge in [-0.05, 0) is 34.9 Å². The molecular weight excluding hydrogens is 374 g/mol. The Hall–Kier alpha value is -2.65. The second-order valence-corrected chi connectivity index (χ2v) is 6.56. The molecule has 1 amide bonds. The van der Waals surface area contributed by atoms with Crippen LogP contribution in [-0.2, 0) is 4.79 Å². The number of nitrogens with one attached hydrogen (secondary N) is 1. The third-order valence-corrected chi connectivity index (χ3v) is 4.38. The Bertz CT molecular complexity index is 803. The zero-order valence-electron chi connectivity index (χ0n) is 13.6. The van der Waals surface area contributed by atoms with Gasteiger partial charge in [-0.15, -0.1) is 0 Å². The van der Waals surface area contributed by atoms with Crippen LogP contribution in [0.1, 0.15) is 22.7 Å². The fraction of sp³-hybridized carbons (Fsp3) is 0.0455. The van der Waals surface area contributed by atoms with Gasteiger partial charge in [-0.1, -0.05) is 88.7 Å². The number of amides is 1. The van der Waals surface area contributed by atoms with Crippen LogP contribution in [0.4, 0.5) is 0 Å². The van der Waals surface area contributed by atoms with Crippen molar-refractivity contribution in [3.63, 3.8) is 0 Å². The Morgan fingerprint density at radius 1 is 0.800 bits per heavy atom. The summed E-state index contributed by atoms with van der Waals surface area (Å²) in [4.78, 5) is 12.4. The second kappa shape index (κ2) is 8.45. The minimum absolute atomic E-state index is 0.124. The van der Waals surface area contributed by atoms with Crippen molar-refractivity contribution in [3.8, 4) is 0 Å². The van der Waals surface area contributed by atoms with Gasteiger partial charge in [-0.25, -0.2) is 0 Å². The summed E-state index contributed by atoms with van der Waals surface area (Å²) >= 11 is 3.41. The molecule has 25 heavy (non-hydrogen) atoms. The molecule has 124 valence electrons. The molecule has 3 aromatic rings. The molecule has 0 spiro atoms. The summed E-state index contributed by atoms with van der Waals surface area (Å²) in [5.41, 5.74) is 3.09. The van der Waals surface area contributed by atoms with E-state index >= 15 is 0 Å². The maximum Gasteiger partial charge on any atom is 0.244 e. The van der Waals surface area contributed by atoms with Crippen LogP contribution in [0, 0.1) is 0 Å². The van der Waals surface area contributed by atoms with Gasteiger partial charge in [-0.3, -0.25) is 4.79 Å². The predicted molar refractivity (Wildman–Crippen MR) is 106 cm³/mol. The van der Waals surface area contributed by atoms with E-state index in [1.807, 2.05) is 91.0 Å². The van der Waals surface area contributed by atoms with Gasteiger partial charge in [0.15, 0.2) is 0 Å². The van der Waals surface area contributed by atoms with Gasteiger partial charge in [0.2, 0.25) is 5.91 Å². The standard InChI is InChI=1S/C22H18BrNO/c23-20-14-11-17(12-15-20)13-16-21(25)24-22(18-7-3-1-4-8-18)19-9-5-2-6-10-19/h1-16,22H,(H,24,25). The molecule has 0 aromatic heterocycles. The molecule has 0 saturated heterocycles. The summed E-state index contributed by atoms with van der Waals surface area (Å²) in [5.74, 6) is -0.124. The monoisotopic (exact) mass is 391 g/mol. The van der Waals surface area contributed by atoms with Crippen LogP contribution in [0.2, 0.25) is 0 Å². The minimum atomic E-state index is -0.176. The molecule has 0 aliphatic heterocycles. The first-order chi connectivity index (χ1) is 12.2. The highest BCUT2D eigenvalue weighted by atomic mass is 79.9. The maximum absolute atomic E-state index is 12.4. The van der Waals surface area contributed by atoms with Gasteiger partial charge < -0.3 is 5.32 Å². The number of carbonyl (C=O) groups excluding carboxylic acids is 1. The summed E-state index contributed by atoms with van der Waals surface area (Å²) in [5, 5.41) is 3.10. The van der Waals surface area contributed by atoms with E-state index in [4.69, 9.17) is 0 Å². The first kappa shape index (κ1) is 17.2. The van der Waals surface area contributed by atoms with Crippen molar-refractivity contribution in [2.24, 2.45) is 0 Å². The second-order valence-electron chi connectivity index (χ2n) is 5.65. The van der Waals surface area contributed by atoms with Crippen LogP contribution in [0.25, 0.3) is 6.08 Å². The van der Waals surface area contributed by atoms with E-state index in [0.717, 1.165) is 21.2 Å². The van der Waals surface area contributed by atoms with Crippen molar-refractivity contribution < 1.29 is 4.79 Å². The van der Waals surface area contributed by atoms with Gasteiger partial charge >= 0.3 is 0 Å². The fourth-order valence-electron chi connectivity index (χ4n) is 2.59. The third kappa shape index (κ3) is 4.91. The van der Waals surface area contributed by atoms with Crippen molar-refractivity contribution in [2.45, 2.75) is 6.04 Å². The molecule has 0 saturated carbocycles. The molecule has 0 bridgehead atoms. The normalized spacial score (nSPS) is 11.0. The van der Waals surface area contributed by atoms with Gasteiger partial charge in [0.05, 0.1) is 6.04 Å². The Morgan fingerprint density at radius 2 is 1.32 bits per heavy atom. The highest BCUT2D eigenvalue weighted by Crippen LogP contribution is 2.21. The summed E-state index contributed by atoms with van der Waals surface area (Å²) in [6.07, 6.45) is 3.39. The Kier molecular flexibility index (Phi) is 5.81. The Labute approximate surface area is 156 Å². The van der Waals surface area contributed by atoms with Crippen LogP contribution in [-0.4, -0.2) is 5.91 Å². The first-order valence-electron chi connectivity index (χ1n) is 8.06. The molecule has 3 heteroatoms. The molecule has 3 rings (SSSR count). The quantitative estimate of drug-likeness (QED) is 0.582. The van der Waals surface area contributed by atoms with Crippen molar-refractivity contribution in [3.05, 3.63) is 112 Å². The van der Waals surface area contributed by atoms with E-state index in [2.05, 4.69) is 21.2 Å². The molecule has 0 atom stereocenters. The average molecular weight is 392 g/mol. The van der Waals surface area contributed by atoms with Crippen LogP contribution in [0.5, 0.6) is 0 Å². The van der Waals surface area contributed by atoms with Crippen molar-refractivity contribution in [1.29, 1.82) is 0 Å². The number of benzene rings is 3. The van der Waals surface area contributed by atoms with Crippen LogP contribution in [0.15, 0.2) is 95.5 Å². The molecule has 3 aromatic carbocycles. The number of carbonyl (C=O) groups is 1. The molecular formula is C22H18BrNO. The van der Waals surface area contributed by atoms with Crippen LogP contribution in [0.3, 0.4) is 0 Å². The molecule has 0 aliphatic rings. The SMILES string of the molecule is O=C(C=Cc1ccc(Br)cc1)NC(c1ccccc1)c1ccccc1. The van der Waals surface area contributed by atoms with Gasteiger partial charge in [-0.2, -0.15) is 0 Å². The van der Waals surface area contributed by atoms with E-state index < -0.39 is 0 Å². The topological polar surface area (TPSA) is 29.1 Å². The molecule has 2 nitrogen and oxygen atoms in total. The molecule has 0 heterocycles. The van der Waals surface area contributed by atoms with Gasteiger partial charge in [0.25, 0.3) is 0 Å². The zero-order valence-corrected chi connectivity index (χ0v) is 15.2. The lowest BCUT2D eigenvalue weighted by Gasteiger charge is -2.19. The average Bonchev–Trinajstić information content (AvgIpc) is 2.67. The number of hydrogen-bond acceptors (Lipinski definition) is 1. The van der Waals surface area contributed by atoms with E-state index in [1.165, 1.54) is 0 Å². The van der Waals surface area contributed by atoms with Crippen molar-refractivity contribution in [2.75, 3.05) is 0 Å². The van der Waals surface area contributed by atoms with E-state index in [1.54, 1.807) is 6.08 Å². The fourth-order valence-corrected chi connectivity index (χ4v) is 2.85. The van der Waals surface area contributed by atoms with E-state index in [0.29, 0.717) is 0 Å². The lowest BCUT2D eigenvalue weighted by molar-refractivity contribution is -0.116. The maximum atomic E-state index is 12.4. The van der Waals surface area contributed by atoms with Crippen LogP contribution < -0.4 is 5.32 Å². The van der Waals surface area contributed by atoms with Gasteiger partial charge in [0.1, 0.15) is 0 Å². The van der Waals surface area contributed by atoms with Gasteiger partial charge in [0, 0.05) is 10.5 Å². The highest BCUT2D eigenvalue weighted by molar-refractivity contribution is 9.10. The van der Waals surface area contributed by atoms with Crippen LogP contribution >= 0.6 is 15.9 Å². The number of halogens is 1. The van der Waals surface area contributed by atoms with E-state index in [9.17, 15) is 4.79 Å². The van der Waals surface area contributed by atoms with E-state index in [-0.39, 0.29) is 11.9 Å². The summed E-state index contributed by atoms with van der Waals surface area (Å²) in [7, 11) is 0. The molecule has 0 fully saturated rings. The Balaban J connectivity index is 1.78. The molecule has 1 N–H and O–H groups in total. The molecule has 0 unspecified atom stereocenters. The Morgan fingerprint density at radius 3 is 1.84 bits per heavy atom. The highest BCUT2D eigenvalue weighted by Gasteiger charge is 2.15. The van der Waals surface area contributed by atoms with Crippen molar-refractivity contribution in [1.82, 2.24) is 5.32 Å². The lowest BCUT2D eigenvalue weighted by Crippen LogP contribution is -2.27. The van der Waals surface area contributed by atoms with Crippen molar-refractivity contribution >= 4 is 27.9 Å². The molecule has 0 radical (unpaired) electrons. The minimum Gasteiger partial charge on any atom is -0.342 e. The third-order valence-electron chi connectivity index (χ3n) is 3.85. The zero-order chi connectivity index (χ0) is 17.5. The first-order valence-corrected chi connectivity index (χ1v) is 8.86. The predicted octanol–water partition coefficient (Wildman–Crippen LogP) is 5.37. The smallest absolute Gasteiger partial charge is 0.244 e. The molecule has 0 aliphatic carbocycles. The summed E-state index contributed by atoms with van der Waals surface area (Å²) in [6.45, 7) is 0. The number of rotatable bonds is 5. The number of hydrogen-bond donors (Lipinski definition) is 1. The summed E-state index contributed by atoms with van der Waals surface area (Å²) in [6, 6.07) is 27.6. The summed E-state index contributed by atoms with van der Waals surface area (Å²) < 4.78 is 1.02. The largest absolute Gasteiger partial charge is 0.342 e.